The Labute approximate surface area is 96.4 Å². The van der Waals surface area contributed by atoms with Crippen molar-refractivity contribution in [1.82, 2.24) is 5.16 Å². The van der Waals surface area contributed by atoms with Crippen molar-refractivity contribution in [3.8, 4) is 0 Å². The standard InChI is InChI=1S/C11H10FN3O2/c1-6-4-10(17-15-6)11(16)14-9-5-7(12)2-3-8(9)13/h2-5H,13H2,1H3,(H,14,16). The van der Waals surface area contributed by atoms with Crippen molar-refractivity contribution in [2.24, 2.45) is 0 Å². The highest BCUT2D eigenvalue weighted by Gasteiger charge is 2.13. The van der Waals surface area contributed by atoms with Gasteiger partial charge in [0.1, 0.15) is 5.82 Å². The molecule has 0 aliphatic rings. The Morgan fingerprint density at radius 2 is 2.24 bits per heavy atom. The average Bonchev–Trinajstić information content (AvgIpc) is 2.70. The van der Waals surface area contributed by atoms with E-state index in [4.69, 9.17) is 10.3 Å². The molecular weight excluding hydrogens is 225 g/mol. The van der Waals surface area contributed by atoms with Gasteiger partial charge in [-0.15, -0.1) is 0 Å². The van der Waals surface area contributed by atoms with Gasteiger partial charge in [0.05, 0.1) is 17.1 Å². The fraction of sp³-hybridized carbons (Fsp3) is 0.0909. The number of anilines is 2. The highest BCUT2D eigenvalue weighted by Crippen LogP contribution is 2.20. The van der Waals surface area contributed by atoms with Crippen LogP contribution in [0.25, 0.3) is 0 Å². The van der Waals surface area contributed by atoms with E-state index in [0.29, 0.717) is 5.69 Å². The Hall–Kier alpha value is -2.37. The van der Waals surface area contributed by atoms with Crippen LogP contribution in [0.15, 0.2) is 28.8 Å². The summed E-state index contributed by atoms with van der Waals surface area (Å²) in [7, 11) is 0. The van der Waals surface area contributed by atoms with Gasteiger partial charge in [-0.1, -0.05) is 5.16 Å². The normalized spacial score (nSPS) is 10.2. The lowest BCUT2D eigenvalue weighted by Crippen LogP contribution is -2.12. The van der Waals surface area contributed by atoms with Crippen LogP contribution in [0.2, 0.25) is 0 Å². The highest BCUT2D eigenvalue weighted by molar-refractivity contribution is 6.03. The summed E-state index contributed by atoms with van der Waals surface area (Å²) in [5, 5.41) is 6.02. The Morgan fingerprint density at radius 1 is 1.47 bits per heavy atom. The number of amides is 1. The lowest BCUT2D eigenvalue weighted by molar-refractivity contribution is 0.0988. The van der Waals surface area contributed by atoms with E-state index in [9.17, 15) is 9.18 Å². The highest BCUT2D eigenvalue weighted by atomic mass is 19.1. The van der Waals surface area contributed by atoms with E-state index in [0.717, 1.165) is 6.07 Å². The van der Waals surface area contributed by atoms with Crippen molar-refractivity contribution < 1.29 is 13.7 Å². The van der Waals surface area contributed by atoms with E-state index in [2.05, 4.69) is 10.5 Å². The Morgan fingerprint density at radius 3 is 2.88 bits per heavy atom. The van der Waals surface area contributed by atoms with Crippen molar-refractivity contribution in [2.45, 2.75) is 6.92 Å². The molecule has 1 amide bonds. The molecule has 0 spiro atoms. The number of nitrogens with two attached hydrogens (primary N) is 1. The molecule has 0 fully saturated rings. The predicted molar refractivity (Wildman–Crippen MR) is 60.0 cm³/mol. The minimum absolute atomic E-state index is 0.0474. The minimum atomic E-state index is -0.525. The number of halogens is 1. The number of rotatable bonds is 2. The van der Waals surface area contributed by atoms with Crippen molar-refractivity contribution in [2.75, 3.05) is 11.1 Å². The van der Waals surface area contributed by atoms with Gasteiger partial charge in [-0.2, -0.15) is 0 Å². The Bertz CT molecular complexity index is 566. The molecule has 6 heteroatoms. The average molecular weight is 235 g/mol. The number of carbonyl (C=O) groups excluding carboxylic acids is 1. The summed E-state index contributed by atoms with van der Waals surface area (Å²) >= 11 is 0. The van der Waals surface area contributed by atoms with E-state index < -0.39 is 11.7 Å². The molecule has 1 aromatic heterocycles. The molecule has 1 aromatic carbocycles. The van der Waals surface area contributed by atoms with Gasteiger partial charge in [0.25, 0.3) is 5.91 Å². The van der Waals surface area contributed by atoms with Crippen LogP contribution < -0.4 is 11.1 Å². The molecule has 88 valence electrons. The van der Waals surface area contributed by atoms with E-state index in [1.54, 1.807) is 6.92 Å². The zero-order valence-corrected chi connectivity index (χ0v) is 9.03. The van der Waals surface area contributed by atoms with Crippen LogP contribution >= 0.6 is 0 Å². The van der Waals surface area contributed by atoms with E-state index in [1.807, 2.05) is 0 Å². The minimum Gasteiger partial charge on any atom is -0.397 e. The maximum absolute atomic E-state index is 13.0. The lowest BCUT2D eigenvalue weighted by atomic mass is 10.2. The number of nitrogens with one attached hydrogen (secondary N) is 1. The summed E-state index contributed by atoms with van der Waals surface area (Å²) in [6, 6.07) is 5.20. The molecule has 3 N–H and O–H groups in total. The van der Waals surface area contributed by atoms with Crippen molar-refractivity contribution >= 4 is 17.3 Å². The fourth-order valence-corrected chi connectivity index (χ4v) is 1.29. The molecule has 0 unspecified atom stereocenters. The topological polar surface area (TPSA) is 81.2 Å². The molecule has 17 heavy (non-hydrogen) atoms. The number of nitrogens with zero attached hydrogens (tertiary/aromatic N) is 1. The quantitative estimate of drug-likeness (QED) is 0.779. The first-order valence-electron chi connectivity index (χ1n) is 4.86. The molecule has 0 radical (unpaired) electrons. The van der Waals surface area contributed by atoms with Gasteiger partial charge in [0.2, 0.25) is 5.76 Å². The lowest BCUT2D eigenvalue weighted by Gasteiger charge is -2.05. The number of benzene rings is 1. The maximum Gasteiger partial charge on any atom is 0.294 e. The van der Waals surface area contributed by atoms with Crippen LogP contribution in [0.3, 0.4) is 0 Å². The van der Waals surface area contributed by atoms with Crippen LogP contribution in [-0.4, -0.2) is 11.1 Å². The monoisotopic (exact) mass is 235 g/mol. The molecular formula is C11H10FN3O2. The summed E-state index contributed by atoms with van der Waals surface area (Å²) in [5.41, 5.74) is 6.65. The summed E-state index contributed by atoms with van der Waals surface area (Å²) in [4.78, 5) is 11.7. The fourth-order valence-electron chi connectivity index (χ4n) is 1.29. The summed E-state index contributed by atoms with van der Waals surface area (Å²) in [6.07, 6.45) is 0. The first kappa shape index (κ1) is 11.1. The zero-order chi connectivity index (χ0) is 12.4. The summed E-state index contributed by atoms with van der Waals surface area (Å²) in [6.45, 7) is 1.69. The third-order valence-corrected chi connectivity index (χ3v) is 2.12. The second-order valence-electron chi connectivity index (χ2n) is 3.52. The van der Waals surface area contributed by atoms with Gasteiger partial charge >= 0.3 is 0 Å². The Balaban J connectivity index is 2.21. The van der Waals surface area contributed by atoms with Crippen LogP contribution in [-0.2, 0) is 0 Å². The molecule has 2 aromatic rings. The number of aryl methyl sites for hydroxylation is 1. The second-order valence-corrected chi connectivity index (χ2v) is 3.52. The van der Waals surface area contributed by atoms with E-state index in [-0.39, 0.29) is 17.1 Å². The molecule has 0 bridgehead atoms. The van der Waals surface area contributed by atoms with Gasteiger partial charge in [-0.25, -0.2) is 4.39 Å². The number of carbonyl (C=O) groups is 1. The molecule has 0 saturated carbocycles. The molecule has 0 saturated heterocycles. The predicted octanol–water partition coefficient (Wildman–Crippen LogP) is 1.96. The van der Waals surface area contributed by atoms with Crippen LogP contribution in [0.1, 0.15) is 16.2 Å². The first-order valence-corrected chi connectivity index (χ1v) is 4.86. The maximum atomic E-state index is 13.0. The van der Waals surface area contributed by atoms with Gasteiger partial charge in [0, 0.05) is 6.07 Å². The number of hydrogen-bond acceptors (Lipinski definition) is 4. The Kier molecular flexibility index (Phi) is 2.78. The molecule has 0 atom stereocenters. The summed E-state index contributed by atoms with van der Waals surface area (Å²) < 4.78 is 17.7. The first-order chi connectivity index (χ1) is 8.06. The smallest absolute Gasteiger partial charge is 0.294 e. The molecule has 2 rings (SSSR count). The molecule has 1 heterocycles. The molecule has 0 aliphatic carbocycles. The van der Waals surface area contributed by atoms with E-state index in [1.165, 1.54) is 18.2 Å². The second kappa shape index (κ2) is 4.25. The molecule has 0 aliphatic heterocycles. The third-order valence-electron chi connectivity index (χ3n) is 2.12. The van der Waals surface area contributed by atoms with Gasteiger partial charge < -0.3 is 15.6 Å². The van der Waals surface area contributed by atoms with Crippen molar-refractivity contribution in [3.05, 3.63) is 41.5 Å². The number of aromatic nitrogens is 1. The molecule has 5 nitrogen and oxygen atoms in total. The number of hydrogen-bond donors (Lipinski definition) is 2. The SMILES string of the molecule is Cc1cc(C(=O)Nc2cc(F)ccc2N)on1. The number of nitrogen functional groups attached to an aromatic ring is 1. The van der Waals surface area contributed by atoms with Crippen molar-refractivity contribution in [1.29, 1.82) is 0 Å². The zero-order valence-electron chi connectivity index (χ0n) is 9.03. The third kappa shape index (κ3) is 2.41. The van der Waals surface area contributed by atoms with Crippen molar-refractivity contribution in [3.63, 3.8) is 0 Å². The summed E-state index contributed by atoms with van der Waals surface area (Å²) in [5.74, 6) is -0.961. The van der Waals surface area contributed by atoms with Gasteiger partial charge in [0.15, 0.2) is 0 Å². The van der Waals surface area contributed by atoms with Crippen LogP contribution in [0, 0.1) is 12.7 Å². The largest absolute Gasteiger partial charge is 0.397 e. The van der Waals surface area contributed by atoms with Crippen LogP contribution in [0.5, 0.6) is 0 Å². The van der Waals surface area contributed by atoms with Gasteiger partial charge in [-0.3, -0.25) is 4.79 Å². The van der Waals surface area contributed by atoms with Crippen LogP contribution in [0.4, 0.5) is 15.8 Å². The van der Waals surface area contributed by atoms with Gasteiger partial charge in [-0.05, 0) is 25.1 Å². The van der Waals surface area contributed by atoms with E-state index >= 15 is 0 Å².